The van der Waals surface area contributed by atoms with Gasteiger partial charge in [-0.25, -0.2) is 9.78 Å². The third-order valence-corrected chi connectivity index (χ3v) is 2.09. The first-order valence-electron chi connectivity index (χ1n) is 4.65. The Morgan fingerprint density at radius 3 is 2.75 bits per heavy atom. The van der Waals surface area contributed by atoms with Crippen LogP contribution in [0.1, 0.15) is 24.2 Å². The highest BCUT2D eigenvalue weighted by atomic mass is 35.5. The minimum atomic E-state index is -1.11. The zero-order valence-electron chi connectivity index (χ0n) is 8.99. The number of anilines is 1. The van der Waals surface area contributed by atoms with Crippen molar-refractivity contribution in [2.24, 2.45) is 0 Å². The van der Waals surface area contributed by atoms with E-state index in [1.165, 1.54) is 12.3 Å². The number of rotatable bonds is 4. The molecule has 0 aliphatic carbocycles. The molecule has 0 aliphatic rings. The first kappa shape index (κ1) is 12.7. The number of hydrogen-bond donors (Lipinski definition) is 3. The molecule has 0 saturated carbocycles. The van der Waals surface area contributed by atoms with Gasteiger partial charge in [0.2, 0.25) is 0 Å². The highest BCUT2D eigenvalue weighted by Crippen LogP contribution is 2.18. The first-order chi connectivity index (χ1) is 7.29. The molecule has 1 aromatic rings. The van der Waals surface area contributed by atoms with Crippen LogP contribution in [-0.4, -0.2) is 33.3 Å². The Balaban J connectivity index is 2.83. The number of carbonyl (C=O) groups is 1. The monoisotopic (exact) mass is 244 g/mol. The van der Waals surface area contributed by atoms with E-state index >= 15 is 0 Å². The number of aromatic carboxylic acids is 1. The van der Waals surface area contributed by atoms with Gasteiger partial charge >= 0.3 is 5.97 Å². The van der Waals surface area contributed by atoms with Crippen molar-refractivity contribution >= 4 is 23.4 Å². The quantitative estimate of drug-likeness (QED) is 0.750. The van der Waals surface area contributed by atoms with E-state index in [9.17, 15) is 9.90 Å². The van der Waals surface area contributed by atoms with Crippen molar-refractivity contribution < 1.29 is 15.0 Å². The summed E-state index contributed by atoms with van der Waals surface area (Å²) < 4.78 is 0. The van der Waals surface area contributed by atoms with E-state index in [1.807, 2.05) is 0 Å². The summed E-state index contributed by atoms with van der Waals surface area (Å²) in [6.45, 7) is 3.53. The smallest absolute Gasteiger partial charge is 0.337 e. The molecule has 6 heteroatoms. The molecule has 0 radical (unpaired) electrons. The summed E-state index contributed by atoms with van der Waals surface area (Å²) in [5.41, 5.74) is -0.917. The Labute approximate surface area is 98.1 Å². The normalized spacial score (nSPS) is 11.2. The predicted molar refractivity (Wildman–Crippen MR) is 61.0 cm³/mol. The Morgan fingerprint density at radius 1 is 1.62 bits per heavy atom. The van der Waals surface area contributed by atoms with Gasteiger partial charge in [-0.2, -0.15) is 0 Å². The molecular formula is C10H13ClN2O3. The Kier molecular flexibility index (Phi) is 3.72. The second-order valence-electron chi connectivity index (χ2n) is 4.02. The van der Waals surface area contributed by atoms with Crippen molar-refractivity contribution in [3.8, 4) is 0 Å². The molecule has 1 heterocycles. The number of carboxylic acid groups (broad SMARTS) is 1. The summed E-state index contributed by atoms with van der Waals surface area (Å²) in [5.74, 6) is -0.748. The maximum Gasteiger partial charge on any atom is 0.337 e. The van der Waals surface area contributed by atoms with Crippen LogP contribution in [0.5, 0.6) is 0 Å². The van der Waals surface area contributed by atoms with Crippen molar-refractivity contribution in [3.63, 3.8) is 0 Å². The largest absolute Gasteiger partial charge is 0.478 e. The van der Waals surface area contributed by atoms with E-state index in [0.29, 0.717) is 5.82 Å². The third-order valence-electron chi connectivity index (χ3n) is 1.79. The number of nitrogens with one attached hydrogen (secondary N) is 1. The van der Waals surface area contributed by atoms with Crippen LogP contribution in [0.3, 0.4) is 0 Å². The molecule has 0 saturated heterocycles. The van der Waals surface area contributed by atoms with Gasteiger partial charge in [0.1, 0.15) is 5.82 Å². The van der Waals surface area contributed by atoms with Crippen LogP contribution in [0.25, 0.3) is 0 Å². The maximum absolute atomic E-state index is 10.8. The lowest BCUT2D eigenvalue weighted by Gasteiger charge is -2.18. The molecule has 0 aromatic carbocycles. The number of carboxylic acids is 1. The second kappa shape index (κ2) is 4.67. The topological polar surface area (TPSA) is 82.5 Å². The van der Waals surface area contributed by atoms with Crippen LogP contribution < -0.4 is 5.32 Å². The summed E-state index contributed by atoms with van der Waals surface area (Å²) in [6, 6.07) is 1.33. The molecule has 0 bridgehead atoms. The standard InChI is InChI=1S/C10H13ClN2O3/c1-10(2,16)5-13-8-3-6(9(14)15)7(11)4-12-8/h3-4,16H,5H2,1-2H3,(H,12,13)(H,14,15). The number of aliphatic hydroxyl groups is 1. The fourth-order valence-corrected chi connectivity index (χ4v) is 1.19. The van der Waals surface area contributed by atoms with E-state index < -0.39 is 11.6 Å². The first-order valence-corrected chi connectivity index (χ1v) is 5.02. The molecule has 1 aromatic heterocycles. The van der Waals surface area contributed by atoms with Crippen LogP contribution in [-0.2, 0) is 0 Å². The van der Waals surface area contributed by atoms with Crippen LogP contribution in [0, 0.1) is 0 Å². The highest BCUT2D eigenvalue weighted by molar-refractivity contribution is 6.33. The fourth-order valence-electron chi connectivity index (χ4n) is 1.01. The zero-order valence-corrected chi connectivity index (χ0v) is 9.75. The van der Waals surface area contributed by atoms with Crippen LogP contribution in [0.4, 0.5) is 5.82 Å². The Bertz CT molecular complexity index is 402. The van der Waals surface area contributed by atoms with Gasteiger partial charge < -0.3 is 15.5 Å². The molecule has 0 fully saturated rings. The van der Waals surface area contributed by atoms with E-state index in [4.69, 9.17) is 16.7 Å². The Hall–Kier alpha value is -1.33. The predicted octanol–water partition coefficient (Wildman–Crippen LogP) is 1.62. The zero-order chi connectivity index (χ0) is 12.3. The number of nitrogens with zero attached hydrogens (tertiary/aromatic N) is 1. The average molecular weight is 245 g/mol. The fraction of sp³-hybridized carbons (Fsp3) is 0.400. The van der Waals surface area contributed by atoms with Crippen molar-refractivity contribution in [3.05, 3.63) is 22.8 Å². The summed E-state index contributed by atoms with van der Waals surface area (Å²) in [7, 11) is 0. The van der Waals surface area contributed by atoms with Crippen molar-refractivity contribution in [2.45, 2.75) is 19.4 Å². The number of hydrogen-bond acceptors (Lipinski definition) is 4. The van der Waals surface area contributed by atoms with E-state index in [1.54, 1.807) is 13.8 Å². The van der Waals surface area contributed by atoms with Gasteiger partial charge in [0.25, 0.3) is 0 Å². The minimum Gasteiger partial charge on any atom is -0.478 e. The lowest BCUT2D eigenvalue weighted by atomic mass is 10.1. The molecule has 88 valence electrons. The van der Waals surface area contributed by atoms with Gasteiger partial charge in [-0.05, 0) is 19.9 Å². The van der Waals surface area contributed by atoms with E-state index in [-0.39, 0.29) is 17.1 Å². The summed E-state index contributed by atoms with van der Waals surface area (Å²) in [6.07, 6.45) is 1.26. The van der Waals surface area contributed by atoms with Gasteiger partial charge in [-0.1, -0.05) is 11.6 Å². The average Bonchev–Trinajstić information content (AvgIpc) is 2.14. The van der Waals surface area contributed by atoms with Gasteiger partial charge in [0, 0.05) is 12.7 Å². The van der Waals surface area contributed by atoms with Crippen molar-refractivity contribution in [1.29, 1.82) is 0 Å². The lowest BCUT2D eigenvalue weighted by Crippen LogP contribution is -2.29. The molecule has 0 spiro atoms. The number of aromatic nitrogens is 1. The highest BCUT2D eigenvalue weighted by Gasteiger charge is 2.14. The van der Waals surface area contributed by atoms with Crippen LogP contribution >= 0.6 is 11.6 Å². The molecule has 0 atom stereocenters. The van der Waals surface area contributed by atoms with E-state index in [0.717, 1.165) is 0 Å². The van der Waals surface area contributed by atoms with E-state index in [2.05, 4.69) is 10.3 Å². The van der Waals surface area contributed by atoms with Crippen LogP contribution in [0.2, 0.25) is 5.02 Å². The van der Waals surface area contributed by atoms with Crippen LogP contribution in [0.15, 0.2) is 12.3 Å². The molecule has 0 aliphatic heterocycles. The van der Waals surface area contributed by atoms with Crippen molar-refractivity contribution in [2.75, 3.05) is 11.9 Å². The molecule has 16 heavy (non-hydrogen) atoms. The number of halogens is 1. The number of pyridine rings is 1. The summed E-state index contributed by atoms with van der Waals surface area (Å²) in [5, 5.41) is 21.2. The lowest BCUT2D eigenvalue weighted by molar-refractivity contribution is 0.0697. The minimum absolute atomic E-state index is 0.0186. The third kappa shape index (κ3) is 3.67. The summed E-state index contributed by atoms with van der Waals surface area (Å²) in [4.78, 5) is 14.7. The van der Waals surface area contributed by atoms with Gasteiger partial charge in [0.05, 0.1) is 16.2 Å². The second-order valence-corrected chi connectivity index (χ2v) is 4.43. The molecule has 0 unspecified atom stereocenters. The molecule has 5 nitrogen and oxygen atoms in total. The Morgan fingerprint density at radius 2 is 2.25 bits per heavy atom. The van der Waals surface area contributed by atoms with Gasteiger partial charge in [-0.15, -0.1) is 0 Å². The summed E-state index contributed by atoms with van der Waals surface area (Å²) >= 11 is 5.66. The maximum atomic E-state index is 10.8. The van der Waals surface area contributed by atoms with Gasteiger partial charge in [-0.3, -0.25) is 0 Å². The molecular weight excluding hydrogens is 232 g/mol. The van der Waals surface area contributed by atoms with Gasteiger partial charge in [0.15, 0.2) is 0 Å². The molecule has 0 amide bonds. The SMILES string of the molecule is CC(C)(O)CNc1cc(C(=O)O)c(Cl)cn1. The molecule has 3 N–H and O–H groups in total. The molecule has 1 rings (SSSR count). The van der Waals surface area contributed by atoms with Crippen molar-refractivity contribution in [1.82, 2.24) is 4.98 Å².